The fourth-order valence-electron chi connectivity index (χ4n) is 3.86. The maximum Gasteiger partial charge on any atom is 0.511 e. The third-order valence-electron chi connectivity index (χ3n) is 5.38. The molecule has 0 spiro atoms. The second kappa shape index (κ2) is 8.99. The Morgan fingerprint density at radius 2 is 1.77 bits per heavy atom. The number of hydrazone groups is 1. The van der Waals surface area contributed by atoms with Crippen molar-refractivity contribution in [2.75, 3.05) is 10.3 Å². The van der Waals surface area contributed by atoms with Gasteiger partial charge in [-0.2, -0.15) is 5.10 Å². The van der Waals surface area contributed by atoms with Gasteiger partial charge in [0.2, 0.25) is 0 Å². The summed E-state index contributed by atoms with van der Waals surface area (Å²) in [7, 11) is 0. The molecule has 0 aliphatic carbocycles. The first-order chi connectivity index (χ1) is 17.0. The summed E-state index contributed by atoms with van der Waals surface area (Å²) in [5.41, 5.74) is 6.17. The molecule has 0 saturated carbocycles. The van der Waals surface area contributed by atoms with Crippen LogP contribution in [-0.4, -0.2) is 33.0 Å². The Morgan fingerprint density at radius 3 is 2.57 bits per heavy atom. The number of aromatic hydroxyl groups is 1. The van der Waals surface area contributed by atoms with Gasteiger partial charge in [0, 0.05) is 17.3 Å². The van der Waals surface area contributed by atoms with Crippen molar-refractivity contribution in [1.29, 1.82) is 0 Å². The van der Waals surface area contributed by atoms with Gasteiger partial charge in [-0.05, 0) is 42.0 Å². The van der Waals surface area contributed by atoms with Gasteiger partial charge in [-0.3, -0.25) is 20.1 Å². The van der Waals surface area contributed by atoms with Gasteiger partial charge in [-0.1, -0.05) is 42.5 Å². The number of hydrogen-bond acceptors (Lipinski definition) is 7. The molecule has 0 fully saturated rings. The maximum atomic E-state index is 13.3. The van der Waals surface area contributed by atoms with Crippen molar-refractivity contribution < 1.29 is 24.5 Å². The number of benzene rings is 3. The summed E-state index contributed by atoms with van der Waals surface area (Å²) in [6, 6.07) is 22.1. The average molecular weight is 466 g/mol. The summed E-state index contributed by atoms with van der Waals surface area (Å²) in [5, 5.41) is 24.1. The number of nitrogens with zero attached hydrogens (tertiary/aromatic N) is 3. The fraction of sp³-hybridized carbons (Fsp3) is 0. The van der Waals surface area contributed by atoms with Crippen LogP contribution in [0.4, 0.5) is 21.9 Å². The smallest absolute Gasteiger partial charge is 0.505 e. The number of phenols is 1. The van der Waals surface area contributed by atoms with Crippen LogP contribution in [0.25, 0.3) is 11.1 Å². The van der Waals surface area contributed by atoms with Gasteiger partial charge in [0.15, 0.2) is 5.71 Å². The Labute approximate surface area is 199 Å². The van der Waals surface area contributed by atoms with Crippen LogP contribution in [0.3, 0.4) is 0 Å². The zero-order chi connectivity index (χ0) is 24.4. The number of carboxylic acid groups (broad SMARTS) is 1. The predicted molar refractivity (Wildman–Crippen MR) is 130 cm³/mol. The summed E-state index contributed by atoms with van der Waals surface area (Å²) >= 11 is 0. The number of ether oxygens (including phenoxy) is 1. The molecule has 1 amide bonds. The molecule has 35 heavy (non-hydrogen) atoms. The maximum absolute atomic E-state index is 13.3. The molecule has 172 valence electrons. The minimum Gasteiger partial charge on any atom is -0.505 e. The van der Waals surface area contributed by atoms with Gasteiger partial charge < -0.3 is 14.9 Å². The lowest BCUT2D eigenvalue weighted by molar-refractivity contribution is -0.111. The highest BCUT2D eigenvalue weighted by molar-refractivity contribution is 6.55. The van der Waals surface area contributed by atoms with E-state index in [4.69, 9.17) is 9.84 Å². The Balaban J connectivity index is 1.48. The van der Waals surface area contributed by atoms with Crippen molar-refractivity contribution in [3.8, 4) is 22.6 Å². The molecule has 5 rings (SSSR count). The third-order valence-corrected chi connectivity index (χ3v) is 5.38. The first kappa shape index (κ1) is 21.7. The van der Waals surface area contributed by atoms with Crippen LogP contribution in [0.2, 0.25) is 0 Å². The summed E-state index contributed by atoms with van der Waals surface area (Å²) < 4.78 is 4.70. The van der Waals surface area contributed by atoms with Crippen molar-refractivity contribution in [1.82, 2.24) is 4.98 Å². The van der Waals surface area contributed by atoms with E-state index in [2.05, 4.69) is 15.5 Å². The number of aromatic nitrogens is 1. The number of pyridine rings is 1. The molecule has 0 saturated heterocycles. The molecule has 4 aromatic rings. The molecular weight excluding hydrogens is 448 g/mol. The molecule has 3 N–H and O–H groups in total. The van der Waals surface area contributed by atoms with E-state index in [1.54, 1.807) is 60.9 Å². The highest BCUT2D eigenvalue weighted by Crippen LogP contribution is 2.38. The lowest BCUT2D eigenvalue weighted by Gasteiger charge is -2.16. The summed E-state index contributed by atoms with van der Waals surface area (Å²) in [4.78, 5) is 29.8. The van der Waals surface area contributed by atoms with E-state index < -0.39 is 6.16 Å². The van der Waals surface area contributed by atoms with Crippen molar-refractivity contribution in [3.63, 3.8) is 0 Å². The van der Waals surface area contributed by atoms with E-state index in [9.17, 15) is 14.7 Å². The number of rotatable bonds is 5. The number of para-hydroxylation sites is 2. The van der Waals surface area contributed by atoms with Crippen molar-refractivity contribution in [2.24, 2.45) is 5.10 Å². The van der Waals surface area contributed by atoms with Gasteiger partial charge in [0.05, 0.1) is 23.3 Å². The quantitative estimate of drug-likeness (QED) is 0.163. The Kier molecular flexibility index (Phi) is 5.56. The zero-order valence-corrected chi connectivity index (χ0v) is 18.1. The fourth-order valence-corrected chi connectivity index (χ4v) is 3.86. The van der Waals surface area contributed by atoms with Gasteiger partial charge >= 0.3 is 6.16 Å². The number of nitrogens with one attached hydrogen (secondary N) is 1. The molecule has 0 bridgehead atoms. The summed E-state index contributed by atoms with van der Waals surface area (Å²) in [5.74, 6) is -0.329. The molecule has 3 aromatic carbocycles. The lowest BCUT2D eigenvalue weighted by atomic mass is 10.0. The number of amides is 1. The first-order valence-corrected chi connectivity index (χ1v) is 10.5. The van der Waals surface area contributed by atoms with Gasteiger partial charge in [-0.15, -0.1) is 0 Å². The molecule has 9 nitrogen and oxygen atoms in total. The molecule has 1 aliphatic heterocycles. The van der Waals surface area contributed by atoms with E-state index in [1.807, 2.05) is 18.2 Å². The van der Waals surface area contributed by atoms with Gasteiger partial charge in [0.25, 0.3) is 5.91 Å². The highest BCUT2D eigenvalue weighted by atomic mass is 16.7. The number of hydrogen-bond donors (Lipinski definition) is 3. The SMILES string of the molecule is O=C(O)Oc1cccc(-c2cccc(NN=C3C(=O)N(c4cccnc4)c4ccccc43)c2O)c1. The minimum absolute atomic E-state index is 0.118. The second-order valence-electron chi connectivity index (χ2n) is 7.54. The van der Waals surface area contributed by atoms with Crippen LogP contribution in [-0.2, 0) is 4.79 Å². The molecule has 2 heterocycles. The van der Waals surface area contributed by atoms with Crippen LogP contribution in [0.15, 0.2) is 96.4 Å². The van der Waals surface area contributed by atoms with E-state index in [0.29, 0.717) is 28.1 Å². The summed E-state index contributed by atoms with van der Waals surface area (Å²) in [6.45, 7) is 0. The minimum atomic E-state index is -1.43. The van der Waals surface area contributed by atoms with Crippen molar-refractivity contribution in [2.45, 2.75) is 0 Å². The van der Waals surface area contributed by atoms with Crippen LogP contribution >= 0.6 is 0 Å². The number of carbonyl (C=O) groups is 2. The third kappa shape index (κ3) is 4.13. The monoisotopic (exact) mass is 466 g/mol. The number of carbonyl (C=O) groups excluding carboxylic acids is 1. The summed E-state index contributed by atoms with van der Waals surface area (Å²) in [6.07, 6.45) is 1.80. The van der Waals surface area contributed by atoms with E-state index in [-0.39, 0.29) is 28.8 Å². The second-order valence-corrected chi connectivity index (χ2v) is 7.54. The van der Waals surface area contributed by atoms with Crippen molar-refractivity contribution in [3.05, 3.63) is 96.8 Å². The largest absolute Gasteiger partial charge is 0.511 e. The average Bonchev–Trinajstić information content (AvgIpc) is 3.14. The topological polar surface area (TPSA) is 124 Å². The van der Waals surface area contributed by atoms with Gasteiger partial charge in [-0.25, -0.2) is 4.79 Å². The molecule has 0 atom stereocenters. The Hall–Kier alpha value is -5.18. The van der Waals surface area contributed by atoms with E-state index in [1.165, 1.54) is 17.0 Å². The van der Waals surface area contributed by atoms with Crippen LogP contribution in [0.5, 0.6) is 11.5 Å². The van der Waals surface area contributed by atoms with Crippen molar-refractivity contribution >= 4 is 34.8 Å². The first-order valence-electron chi connectivity index (χ1n) is 10.5. The van der Waals surface area contributed by atoms with Crippen LogP contribution < -0.4 is 15.1 Å². The van der Waals surface area contributed by atoms with Crippen LogP contribution in [0, 0.1) is 0 Å². The molecular formula is C26H18N4O5. The number of anilines is 3. The molecule has 0 unspecified atom stereocenters. The number of fused-ring (bicyclic) bond motifs is 1. The van der Waals surface area contributed by atoms with Gasteiger partial charge in [0.1, 0.15) is 11.5 Å². The standard InChI is InChI=1S/C26H18N4O5/c31-24-19(16-6-3-8-18(14-16)35-26(33)34)10-4-11-21(24)28-29-23-20-9-1-2-12-22(20)30(25(23)32)17-7-5-13-27-15-17/h1-15,28,31H,(H,33,34). The van der Waals surface area contributed by atoms with E-state index in [0.717, 1.165) is 0 Å². The van der Waals surface area contributed by atoms with Crippen LogP contribution in [0.1, 0.15) is 5.56 Å². The molecule has 0 radical (unpaired) electrons. The number of phenolic OH excluding ortho intramolecular Hbond substituents is 1. The molecule has 1 aromatic heterocycles. The predicted octanol–water partition coefficient (Wildman–Crippen LogP) is 5.01. The molecule has 9 heteroatoms. The van der Waals surface area contributed by atoms with E-state index >= 15 is 0 Å². The normalized spacial score (nSPS) is 13.5. The Morgan fingerprint density at radius 1 is 0.971 bits per heavy atom. The molecule has 1 aliphatic rings. The lowest BCUT2D eigenvalue weighted by Crippen LogP contribution is -2.26. The highest BCUT2D eigenvalue weighted by Gasteiger charge is 2.35. The zero-order valence-electron chi connectivity index (χ0n) is 18.1. The Bertz CT molecular complexity index is 1470.